The molecule has 142 valence electrons. The van der Waals surface area contributed by atoms with Gasteiger partial charge in [-0.25, -0.2) is 4.98 Å². The highest BCUT2D eigenvalue weighted by Crippen LogP contribution is 2.22. The lowest BCUT2D eigenvalue weighted by molar-refractivity contribution is 0.909. The average molecular weight is 373 g/mol. The predicted molar refractivity (Wildman–Crippen MR) is 114 cm³/mol. The number of benzene rings is 2. The van der Waals surface area contributed by atoms with Gasteiger partial charge in [-0.3, -0.25) is 9.36 Å². The molecule has 0 aromatic heterocycles. The van der Waals surface area contributed by atoms with Gasteiger partial charge in [-0.1, -0.05) is 12.1 Å². The van der Waals surface area contributed by atoms with E-state index in [9.17, 15) is 4.79 Å². The van der Waals surface area contributed by atoms with E-state index >= 15 is 0 Å². The van der Waals surface area contributed by atoms with E-state index in [1.165, 1.54) is 0 Å². The zero-order valence-corrected chi connectivity index (χ0v) is 16.5. The molecule has 0 spiro atoms. The molecule has 2 aromatic rings. The van der Waals surface area contributed by atoms with Gasteiger partial charge in [0.15, 0.2) is 5.82 Å². The van der Waals surface area contributed by atoms with Gasteiger partial charge in [0, 0.05) is 63.2 Å². The molecule has 2 aliphatic rings. The summed E-state index contributed by atoms with van der Waals surface area (Å²) in [5.41, 5.74) is 4.41. The third-order valence-corrected chi connectivity index (χ3v) is 4.85. The van der Waals surface area contributed by atoms with E-state index in [0.717, 1.165) is 22.6 Å². The van der Waals surface area contributed by atoms with Gasteiger partial charge in [0.25, 0.3) is 5.56 Å². The third-order valence-electron chi connectivity index (χ3n) is 4.85. The molecule has 4 rings (SSSR count). The van der Waals surface area contributed by atoms with Crippen molar-refractivity contribution in [1.29, 1.82) is 0 Å². The normalized spacial score (nSPS) is 11.0. The van der Waals surface area contributed by atoms with Gasteiger partial charge < -0.3 is 14.4 Å². The van der Waals surface area contributed by atoms with Crippen LogP contribution < -0.4 is 15.4 Å². The molecule has 0 N–H and O–H groups in total. The predicted octanol–water partition coefficient (Wildman–Crippen LogP) is 3.26. The molecule has 0 amide bonds. The first-order valence-electron chi connectivity index (χ1n) is 9.10. The van der Waals surface area contributed by atoms with Gasteiger partial charge in [-0.2, -0.15) is 0 Å². The minimum atomic E-state index is -0.109. The number of aromatic nitrogens is 3. The Labute approximate surface area is 164 Å². The van der Waals surface area contributed by atoms with Gasteiger partial charge in [0.1, 0.15) is 5.69 Å². The van der Waals surface area contributed by atoms with Crippen molar-refractivity contribution in [3.05, 3.63) is 77.5 Å². The highest BCUT2D eigenvalue weighted by Gasteiger charge is 2.16. The van der Waals surface area contributed by atoms with Crippen molar-refractivity contribution in [2.24, 2.45) is 0 Å². The average Bonchev–Trinajstić information content (AvgIpc) is 3.04. The van der Waals surface area contributed by atoms with Crippen LogP contribution in [0.5, 0.6) is 0 Å². The van der Waals surface area contributed by atoms with Crippen molar-refractivity contribution in [3.63, 3.8) is 0 Å². The molecular formula is C22H23N5O. The molecule has 28 heavy (non-hydrogen) atoms. The van der Waals surface area contributed by atoms with E-state index in [-0.39, 0.29) is 5.56 Å². The first-order chi connectivity index (χ1) is 13.4. The van der Waals surface area contributed by atoms with Crippen molar-refractivity contribution in [2.45, 2.75) is 0 Å². The number of rotatable bonds is 4. The number of anilines is 2. The Balaban J connectivity index is 1.73. The zero-order valence-electron chi connectivity index (χ0n) is 16.5. The second-order valence-electron chi connectivity index (χ2n) is 7.18. The van der Waals surface area contributed by atoms with Crippen LogP contribution in [0.15, 0.2) is 71.9 Å². The molecule has 0 aliphatic carbocycles. The summed E-state index contributed by atoms with van der Waals surface area (Å²) in [4.78, 5) is 21.5. The Bertz CT molecular complexity index is 1120. The Hall–Kier alpha value is -3.54. The lowest BCUT2D eigenvalue weighted by Gasteiger charge is -2.14. The van der Waals surface area contributed by atoms with Crippen molar-refractivity contribution < 1.29 is 0 Å². The van der Waals surface area contributed by atoms with Crippen LogP contribution in [0, 0.1) is 0 Å². The van der Waals surface area contributed by atoms with Crippen molar-refractivity contribution >= 4 is 11.4 Å². The van der Waals surface area contributed by atoms with Gasteiger partial charge in [0.05, 0.1) is 6.20 Å². The van der Waals surface area contributed by atoms with E-state index in [1.807, 2.05) is 86.4 Å². The zero-order chi connectivity index (χ0) is 19.8. The lowest BCUT2D eigenvalue weighted by Crippen LogP contribution is -2.14. The molecule has 6 nitrogen and oxygen atoms in total. The molecule has 0 saturated carbocycles. The maximum atomic E-state index is 12.8. The maximum Gasteiger partial charge on any atom is 0.282 e. The first-order valence-corrected chi connectivity index (χ1v) is 9.10. The molecule has 0 atom stereocenters. The van der Waals surface area contributed by atoms with Crippen LogP contribution in [-0.2, 0) is 0 Å². The molecule has 2 aliphatic heterocycles. The summed E-state index contributed by atoms with van der Waals surface area (Å²) >= 11 is 0. The first kappa shape index (κ1) is 17.9. The fourth-order valence-electron chi connectivity index (χ4n) is 3.16. The van der Waals surface area contributed by atoms with E-state index in [2.05, 4.69) is 22.0 Å². The summed E-state index contributed by atoms with van der Waals surface area (Å²) in [5.74, 6) is 0.621. The topological polar surface area (TPSA) is 46.3 Å². The van der Waals surface area contributed by atoms with Gasteiger partial charge in [-0.05, 0) is 36.4 Å². The van der Waals surface area contributed by atoms with Crippen LogP contribution in [-0.4, -0.2) is 42.3 Å². The second-order valence-corrected chi connectivity index (χ2v) is 7.18. The minimum Gasteiger partial charge on any atom is -0.378 e. The van der Waals surface area contributed by atoms with Crippen LogP contribution in [0.1, 0.15) is 0 Å². The van der Waals surface area contributed by atoms with Crippen LogP contribution in [0.2, 0.25) is 0 Å². The van der Waals surface area contributed by atoms with E-state index < -0.39 is 0 Å². The quantitative estimate of drug-likeness (QED) is 0.551. The minimum absolute atomic E-state index is 0.109. The Morgan fingerprint density at radius 1 is 0.786 bits per heavy atom. The Kier molecular flexibility index (Phi) is 4.39. The molecule has 0 unspecified atom stereocenters. The third kappa shape index (κ3) is 3.13. The highest BCUT2D eigenvalue weighted by molar-refractivity contribution is 5.64. The summed E-state index contributed by atoms with van der Waals surface area (Å²) in [6, 6.07) is 16.1. The molecule has 6 heteroatoms. The number of hydrogen-bond donors (Lipinski definition) is 0. The largest absolute Gasteiger partial charge is 0.378 e. The fraction of sp³-hybridized carbons (Fsp3) is 0.182. The number of imidazole rings is 1. The monoisotopic (exact) mass is 373 g/mol. The molecule has 0 saturated heterocycles. The summed E-state index contributed by atoms with van der Waals surface area (Å²) in [6.07, 6.45) is 5.52. The van der Waals surface area contributed by atoms with Gasteiger partial charge in [0.2, 0.25) is 0 Å². The van der Waals surface area contributed by atoms with Crippen molar-refractivity contribution in [2.75, 3.05) is 38.0 Å². The van der Waals surface area contributed by atoms with Crippen LogP contribution in [0.25, 0.3) is 22.8 Å². The Morgan fingerprint density at radius 2 is 1.36 bits per heavy atom. The molecule has 0 radical (unpaired) electrons. The van der Waals surface area contributed by atoms with E-state index in [4.69, 9.17) is 0 Å². The SMILES string of the molecule is CN(C)c1ccc(-c2nc3cn(-c4ccc(N(C)C)cc4)ccn-3c2=O)cc1. The van der Waals surface area contributed by atoms with Crippen LogP contribution in [0.3, 0.4) is 0 Å². The summed E-state index contributed by atoms with van der Waals surface area (Å²) in [6.45, 7) is 0. The molecule has 2 aromatic carbocycles. The molecule has 0 fully saturated rings. The van der Waals surface area contributed by atoms with Crippen LogP contribution >= 0.6 is 0 Å². The lowest BCUT2D eigenvalue weighted by atomic mass is 10.1. The standard InChI is InChI=1S/C22H23N5O/c1-24(2)17-7-5-16(6-8-17)21-22(28)27-14-13-26(15-20(27)23-21)19-11-9-18(10-12-19)25(3)4/h5-15H,1-4H3. The Morgan fingerprint density at radius 3 is 1.93 bits per heavy atom. The summed E-state index contributed by atoms with van der Waals surface area (Å²) in [5, 5.41) is 0. The van der Waals surface area contributed by atoms with Crippen molar-refractivity contribution in [3.8, 4) is 22.8 Å². The number of nitrogens with zero attached hydrogens (tertiary/aromatic N) is 5. The second kappa shape index (κ2) is 6.88. The number of hydrogen-bond acceptors (Lipinski definition) is 4. The highest BCUT2D eigenvalue weighted by atomic mass is 16.1. The molecule has 0 bridgehead atoms. The molecular weight excluding hydrogens is 350 g/mol. The maximum absolute atomic E-state index is 12.8. The van der Waals surface area contributed by atoms with E-state index in [1.54, 1.807) is 10.8 Å². The van der Waals surface area contributed by atoms with Crippen molar-refractivity contribution in [1.82, 2.24) is 14.1 Å². The van der Waals surface area contributed by atoms with Gasteiger partial charge >= 0.3 is 0 Å². The summed E-state index contributed by atoms with van der Waals surface area (Å²) in [7, 11) is 8.01. The van der Waals surface area contributed by atoms with Gasteiger partial charge in [-0.15, -0.1) is 0 Å². The summed E-state index contributed by atoms with van der Waals surface area (Å²) < 4.78 is 3.56. The fourth-order valence-corrected chi connectivity index (χ4v) is 3.16. The number of fused-ring (bicyclic) bond motifs is 1. The smallest absolute Gasteiger partial charge is 0.282 e. The molecule has 2 heterocycles. The van der Waals surface area contributed by atoms with E-state index in [0.29, 0.717) is 11.5 Å². The van der Waals surface area contributed by atoms with Crippen LogP contribution in [0.4, 0.5) is 11.4 Å².